The third-order valence-electron chi connectivity index (χ3n) is 3.59. The molecule has 3 aromatic rings. The molecule has 3 rings (SSSR count). The van der Waals surface area contributed by atoms with Crippen molar-refractivity contribution in [1.29, 1.82) is 0 Å². The van der Waals surface area contributed by atoms with Gasteiger partial charge in [0, 0.05) is 15.9 Å². The molecule has 7 heteroatoms. The quantitative estimate of drug-likeness (QED) is 0.650. The Morgan fingerprint density at radius 2 is 1.88 bits per heavy atom. The molecule has 0 aliphatic heterocycles. The first-order valence-electron chi connectivity index (χ1n) is 7.48. The van der Waals surface area contributed by atoms with E-state index in [1.54, 1.807) is 18.2 Å². The van der Waals surface area contributed by atoms with E-state index in [1.807, 2.05) is 24.3 Å². The van der Waals surface area contributed by atoms with Gasteiger partial charge in [-0.2, -0.15) is 0 Å². The highest BCUT2D eigenvalue weighted by Crippen LogP contribution is 2.25. The van der Waals surface area contributed by atoms with Crippen LogP contribution >= 0.6 is 23.2 Å². The first-order chi connectivity index (χ1) is 11.9. The standard InChI is InChI=1S/C18H14Cl2N2O3/c1-10(17(23)22-15-7-6-12(19)9-13(15)20)25-18(24)16-8-11-4-2-3-5-14(11)21-16/h2-10,21H,1H3,(H,22,23)/t10-/m1/s1. The highest BCUT2D eigenvalue weighted by Gasteiger charge is 2.21. The van der Waals surface area contributed by atoms with Crippen molar-refractivity contribution >= 4 is 51.7 Å². The van der Waals surface area contributed by atoms with Gasteiger partial charge in [-0.15, -0.1) is 0 Å². The molecule has 2 N–H and O–H groups in total. The Hall–Kier alpha value is -2.50. The summed E-state index contributed by atoms with van der Waals surface area (Å²) in [4.78, 5) is 27.4. The number of carbonyl (C=O) groups is 2. The van der Waals surface area contributed by atoms with E-state index in [9.17, 15) is 9.59 Å². The average molecular weight is 377 g/mol. The molecule has 0 bridgehead atoms. The van der Waals surface area contributed by atoms with Crippen LogP contribution in [0.4, 0.5) is 5.69 Å². The van der Waals surface area contributed by atoms with Crippen LogP contribution in [0.5, 0.6) is 0 Å². The maximum atomic E-state index is 12.2. The minimum atomic E-state index is -0.995. The van der Waals surface area contributed by atoms with Crippen molar-refractivity contribution < 1.29 is 14.3 Å². The van der Waals surface area contributed by atoms with E-state index in [0.717, 1.165) is 10.9 Å². The van der Waals surface area contributed by atoms with Gasteiger partial charge in [0.25, 0.3) is 5.91 Å². The number of para-hydroxylation sites is 1. The lowest BCUT2D eigenvalue weighted by atomic mass is 10.2. The summed E-state index contributed by atoms with van der Waals surface area (Å²) >= 11 is 11.8. The number of hydrogen-bond donors (Lipinski definition) is 2. The van der Waals surface area contributed by atoms with Crippen molar-refractivity contribution in [2.75, 3.05) is 5.32 Å². The monoisotopic (exact) mass is 376 g/mol. The molecule has 0 radical (unpaired) electrons. The Morgan fingerprint density at radius 1 is 1.12 bits per heavy atom. The number of esters is 1. The number of halogens is 2. The molecule has 0 unspecified atom stereocenters. The smallest absolute Gasteiger partial charge is 0.355 e. The molecule has 2 aromatic carbocycles. The topological polar surface area (TPSA) is 71.2 Å². The number of fused-ring (bicyclic) bond motifs is 1. The Balaban J connectivity index is 1.67. The zero-order chi connectivity index (χ0) is 18.0. The summed E-state index contributed by atoms with van der Waals surface area (Å²) in [7, 11) is 0. The molecule has 1 aromatic heterocycles. The van der Waals surface area contributed by atoms with Gasteiger partial charge in [-0.1, -0.05) is 41.4 Å². The Kier molecular flexibility index (Phi) is 4.97. The number of aromatic nitrogens is 1. The fourth-order valence-electron chi connectivity index (χ4n) is 2.29. The van der Waals surface area contributed by atoms with E-state index in [0.29, 0.717) is 15.7 Å². The van der Waals surface area contributed by atoms with Gasteiger partial charge in [0.15, 0.2) is 6.10 Å². The van der Waals surface area contributed by atoms with Crippen molar-refractivity contribution in [3.8, 4) is 0 Å². The summed E-state index contributed by atoms with van der Waals surface area (Å²) in [6, 6.07) is 13.8. The second-order valence-electron chi connectivity index (χ2n) is 5.43. The third-order valence-corrected chi connectivity index (χ3v) is 4.14. The summed E-state index contributed by atoms with van der Waals surface area (Å²) in [5.41, 5.74) is 1.49. The average Bonchev–Trinajstić information content (AvgIpc) is 3.01. The molecule has 128 valence electrons. The fraction of sp³-hybridized carbons (Fsp3) is 0.111. The van der Waals surface area contributed by atoms with E-state index >= 15 is 0 Å². The van der Waals surface area contributed by atoms with Crippen molar-refractivity contribution in [3.05, 3.63) is 64.3 Å². The number of H-pyrrole nitrogens is 1. The SMILES string of the molecule is C[C@@H](OC(=O)c1cc2ccccc2[nH]1)C(=O)Nc1ccc(Cl)cc1Cl. The van der Waals surface area contributed by atoms with Gasteiger partial charge in [0.1, 0.15) is 5.69 Å². The maximum absolute atomic E-state index is 12.2. The van der Waals surface area contributed by atoms with Crippen LogP contribution in [0.25, 0.3) is 10.9 Å². The Morgan fingerprint density at radius 3 is 2.60 bits per heavy atom. The molecule has 1 amide bonds. The predicted molar refractivity (Wildman–Crippen MR) is 98.3 cm³/mol. The number of aromatic amines is 1. The molecule has 0 aliphatic rings. The minimum Gasteiger partial charge on any atom is -0.448 e. The van der Waals surface area contributed by atoms with E-state index in [1.165, 1.54) is 13.0 Å². The van der Waals surface area contributed by atoms with Crippen LogP contribution in [-0.4, -0.2) is 23.0 Å². The summed E-state index contributed by atoms with van der Waals surface area (Å²) < 4.78 is 5.21. The summed E-state index contributed by atoms with van der Waals surface area (Å²) in [6.07, 6.45) is -0.995. The lowest BCUT2D eigenvalue weighted by Crippen LogP contribution is -2.30. The number of rotatable bonds is 4. The number of carbonyl (C=O) groups excluding carboxylic acids is 2. The summed E-state index contributed by atoms with van der Waals surface area (Å²) in [5, 5.41) is 4.25. The Bertz CT molecular complexity index is 919. The lowest BCUT2D eigenvalue weighted by Gasteiger charge is -2.14. The van der Waals surface area contributed by atoms with E-state index in [-0.39, 0.29) is 5.69 Å². The minimum absolute atomic E-state index is 0.283. The second-order valence-corrected chi connectivity index (χ2v) is 6.27. The van der Waals surface area contributed by atoms with E-state index in [2.05, 4.69) is 10.3 Å². The highest BCUT2D eigenvalue weighted by atomic mass is 35.5. The van der Waals surface area contributed by atoms with Crippen LogP contribution in [0.2, 0.25) is 10.0 Å². The molecule has 0 fully saturated rings. The maximum Gasteiger partial charge on any atom is 0.355 e. The van der Waals surface area contributed by atoms with Gasteiger partial charge in [-0.3, -0.25) is 4.79 Å². The van der Waals surface area contributed by atoms with Crippen molar-refractivity contribution in [3.63, 3.8) is 0 Å². The van der Waals surface area contributed by atoms with Gasteiger partial charge in [-0.25, -0.2) is 4.79 Å². The van der Waals surface area contributed by atoms with Crippen LogP contribution in [-0.2, 0) is 9.53 Å². The zero-order valence-electron chi connectivity index (χ0n) is 13.2. The van der Waals surface area contributed by atoms with Gasteiger partial charge >= 0.3 is 5.97 Å². The number of ether oxygens (including phenoxy) is 1. The molecule has 5 nitrogen and oxygen atoms in total. The molecular formula is C18H14Cl2N2O3. The molecule has 1 atom stereocenters. The van der Waals surface area contributed by atoms with Gasteiger partial charge < -0.3 is 15.0 Å². The molecule has 1 heterocycles. The number of hydrogen-bond acceptors (Lipinski definition) is 3. The van der Waals surface area contributed by atoms with Crippen molar-refractivity contribution in [2.45, 2.75) is 13.0 Å². The van der Waals surface area contributed by atoms with Crippen LogP contribution in [0.15, 0.2) is 48.5 Å². The number of benzene rings is 2. The first kappa shape index (κ1) is 17.3. The predicted octanol–water partition coefficient (Wildman–Crippen LogP) is 4.66. The second kappa shape index (κ2) is 7.17. The molecule has 25 heavy (non-hydrogen) atoms. The zero-order valence-corrected chi connectivity index (χ0v) is 14.7. The molecule has 0 saturated heterocycles. The highest BCUT2D eigenvalue weighted by molar-refractivity contribution is 6.36. The Labute approximate surface area is 153 Å². The fourth-order valence-corrected chi connectivity index (χ4v) is 2.74. The summed E-state index contributed by atoms with van der Waals surface area (Å²) in [5.74, 6) is -1.10. The first-order valence-corrected chi connectivity index (χ1v) is 8.24. The van der Waals surface area contributed by atoms with Crippen molar-refractivity contribution in [1.82, 2.24) is 4.98 Å². The van der Waals surface area contributed by atoms with E-state index < -0.39 is 18.0 Å². The van der Waals surface area contributed by atoms with E-state index in [4.69, 9.17) is 27.9 Å². The van der Waals surface area contributed by atoms with Gasteiger partial charge in [0.2, 0.25) is 0 Å². The molecule has 0 spiro atoms. The number of anilines is 1. The number of nitrogens with one attached hydrogen (secondary N) is 2. The van der Waals surface area contributed by atoms with Crippen LogP contribution in [0, 0.1) is 0 Å². The van der Waals surface area contributed by atoms with Crippen LogP contribution in [0.1, 0.15) is 17.4 Å². The third kappa shape index (κ3) is 3.95. The molecule has 0 aliphatic carbocycles. The summed E-state index contributed by atoms with van der Waals surface area (Å²) in [6.45, 7) is 1.49. The lowest BCUT2D eigenvalue weighted by molar-refractivity contribution is -0.123. The largest absolute Gasteiger partial charge is 0.448 e. The molecule has 0 saturated carbocycles. The number of amides is 1. The normalized spacial score (nSPS) is 12.0. The van der Waals surface area contributed by atoms with Crippen LogP contribution < -0.4 is 5.32 Å². The van der Waals surface area contributed by atoms with Crippen LogP contribution in [0.3, 0.4) is 0 Å². The van der Waals surface area contributed by atoms with Gasteiger partial charge in [-0.05, 0) is 37.3 Å². The molecular weight excluding hydrogens is 363 g/mol. The van der Waals surface area contributed by atoms with Gasteiger partial charge in [0.05, 0.1) is 10.7 Å². The van der Waals surface area contributed by atoms with Crippen molar-refractivity contribution in [2.24, 2.45) is 0 Å².